The molecule has 5 N–H and O–H groups in total. The Morgan fingerprint density at radius 3 is 1.75 bits per heavy atom. The molecule has 0 aliphatic carbocycles. The lowest BCUT2D eigenvalue weighted by Crippen LogP contribution is -2.37. The number of rotatable bonds is 11. The lowest BCUT2D eigenvalue weighted by atomic mass is 10.0. The predicted octanol–water partition coefficient (Wildman–Crippen LogP) is 8.91. The number of benzene rings is 2. The fourth-order valence-electron chi connectivity index (χ4n) is 6.28. The van der Waals surface area contributed by atoms with Gasteiger partial charge in [-0.1, -0.05) is 46.9 Å². The first kappa shape index (κ1) is 55.8. The molecular weight excluding hydrogens is 1060 g/mol. The van der Waals surface area contributed by atoms with Crippen molar-refractivity contribution in [3.8, 4) is 28.9 Å². The third-order valence-corrected chi connectivity index (χ3v) is 10.7. The van der Waals surface area contributed by atoms with Crippen molar-refractivity contribution in [1.29, 1.82) is 0 Å². The van der Waals surface area contributed by atoms with Crippen molar-refractivity contribution in [2.45, 2.75) is 33.9 Å². The predicted molar refractivity (Wildman–Crippen MR) is 269 cm³/mol. The van der Waals surface area contributed by atoms with Crippen molar-refractivity contribution in [2.75, 3.05) is 99.0 Å². The molecule has 0 bridgehead atoms. The highest BCUT2D eigenvalue weighted by molar-refractivity contribution is 9.10. The van der Waals surface area contributed by atoms with Gasteiger partial charge in [-0.25, -0.2) is 39.9 Å². The number of carbonyl (C=O) groups excluding carboxylic acids is 1. The van der Waals surface area contributed by atoms with E-state index in [4.69, 9.17) is 74.9 Å². The molecule has 2 aliphatic heterocycles. The summed E-state index contributed by atoms with van der Waals surface area (Å²) in [6.07, 6.45) is 1.38. The third kappa shape index (κ3) is 17.0. The Morgan fingerprint density at radius 1 is 0.704 bits per heavy atom. The summed E-state index contributed by atoms with van der Waals surface area (Å²) in [5.41, 5.74) is 12.4. The number of hydrogen-bond donors (Lipinski definition) is 3. The number of hydrogen-bond acceptors (Lipinski definition) is 18. The van der Waals surface area contributed by atoms with Gasteiger partial charge < -0.3 is 50.3 Å². The molecule has 2 fully saturated rings. The normalized spacial score (nSPS) is 13.3. The molecule has 0 saturated carbocycles. The summed E-state index contributed by atoms with van der Waals surface area (Å²) in [7, 11) is 0. The number of alkyl halides is 3. The van der Waals surface area contributed by atoms with Crippen LogP contribution in [0.25, 0.3) is 11.3 Å². The average molecular weight is 1110 g/mol. The Bertz CT molecular complexity index is 2690. The Morgan fingerprint density at radius 2 is 1.21 bits per heavy atom. The van der Waals surface area contributed by atoms with Crippen LogP contribution in [0.2, 0.25) is 15.5 Å². The molecule has 6 heterocycles. The number of aryl methyl sites for hydroxylation is 1. The minimum Gasteiger partial charge on any atom is -0.475 e. The highest BCUT2D eigenvalue weighted by atomic mass is 79.9. The quantitative estimate of drug-likeness (QED) is 0.110. The molecule has 2 saturated heterocycles. The summed E-state index contributed by atoms with van der Waals surface area (Å²) in [4.78, 5) is 49.5. The van der Waals surface area contributed by atoms with E-state index in [-0.39, 0.29) is 16.5 Å². The van der Waals surface area contributed by atoms with Gasteiger partial charge in [-0.05, 0) is 79.5 Å². The molecule has 2 aromatic carbocycles. The maximum absolute atomic E-state index is 13.0. The summed E-state index contributed by atoms with van der Waals surface area (Å²) in [6.45, 7) is 14.5. The number of morpholine rings is 2. The second-order valence-electron chi connectivity index (χ2n) is 14.5. The Hall–Kier alpha value is -6.11. The maximum Gasteiger partial charge on any atom is 0.416 e. The number of nitrogens with two attached hydrogens (primary N) is 2. The van der Waals surface area contributed by atoms with Gasteiger partial charge >= 0.3 is 6.18 Å². The molecule has 26 heteroatoms. The summed E-state index contributed by atoms with van der Waals surface area (Å²) in [5.74, 6) is 2.51. The maximum atomic E-state index is 13.0. The molecule has 1 amide bonds. The second-order valence-corrected chi connectivity index (χ2v) is 16.4. The molecule has 0 spiro atoms. The standard InChI is InChI=1S/C25H25F3N4O3.C10H14ClN3O2.C6H8ClN3O.C4H3BrClN3/c1-3-35-24-22(32-9-11-34-12-10-32)31-21(15-29-24)20-14-19(8-7-16(20)2)30-23(33)17-5-4-6-18(13-17)25(26,27)28;1-2-16-10-9(13-8(11)7-12-10)14-3-5-15-6-4-14;1-2-11-6-5(8)10-4(7)3-9-6;5-3-4(7)9-2(6)1-8-3/h4-8,13-15H,3,9-12H2,1-2H3,(H,30,33);7H,2-6H2,1H3;3H,2H2,1H3,(H2,8,10);1H,(H2,7,9). The van der Waals surface area contributed by atoms with E-state index in [1.165, 1.54) is 30.7 Å². The van der Waals surface area contributed by atoms with Crippen LogP contribution in [0.5, 0.6) is 17.6 Å². The van der Waals surface area contributed by atoms with Crippen molar-refractivity contribution in [1.82, 2.24) is 39.9 Å². The fraction of sp³-hybridized carbons (Fsp3) is 0.356. The van der Waals surface area contributed by atoms with Crippen LogP contribution in [0.4, 0.5) is 42.1 Å². The van der Waals surface area contributed by atoms with E-state index in [2.05, 4.69) is 65.9 Å². The van der Waals surface area contributed by atoms with E-state index in [0.29, 0.717) is 121 Å². The molecule has 0 unspecified atom stereocenters. The highest BCUT2D eigenvalue weighted by Gasteiger charge is 2.31. The van der Waals surface area contributed by atoms with Gasteiger partial charge in [0.05, 0.1) is 82.3 Å². The third-order valence-electron chi connectivity index (χ3n) is 9.56. The molecule has 0 radical (unpaired) electrons. The zero-order chi connectivity index (χ0) is 51.5. The number of nitrogens with zero attached hydrogens (tertiary/aromatic N) is 10. The Kier molecular flexibility index (Phi) is 21.6. The van der Waals surface area contributed by atoms with Crippen LogP contribution < -0.4 is 40.8 Å². The number of nitrogen functional groups attached to an aromatic ring is 2. The van der Waals surface area contributed by atoms with Crippen LogP contribution in [0.3, 0.4) is 0 Å². The van der Waals surface area contributed by atoms with E-state index < -0.39 is 17.6 Å². The SMILES string of the molecule is CCOc1ncc(-c2cc(NC(=O)c3cccc(C(F)(F)F)c3)ccc2C)nc1N1CCOCC1.CCOc1ncc(Cl)nc1N.CCOc1ncc(Cl)nc1N1CCOCC1.Nc1nc(Cl)cnc1Br. The van der Waals surface area contributed by atoms with E-state index in [9.17, 15) is 18.0 Å². The fourth-order valence-corrected chi connectivity index (χ4v) is 6.88. The topological polar surface area (TPSA) is 237 Å². The molecule has 0 atom stereocenters. The van der Waals surface area contributed by atoms with Crippen molar-refractivity contribution < 1.29 is 41.7 Å². The van der Waals surface area contributed by atoms with Crippen LogP contribution in [-0.2, 0) is 15.7 Å². The number of halogens is 7. The van der Waals surface area contributed by atoms with Crippen molar-refractivity contribution >= 4 is 85.6 Å². The number of nitrogens with one attached hydrogen (secondary N) is 1. The van der Waals surface area contributed by atoms with Gasteiger partial charge in [0.25, 0.3) is 23.5 Å². The van der Waals surface area contributed by atoms with Crippen LogP contribution in [0, 0.1) is 6.92 Å². The van der Waals surface area contributed by atoms with Crippen molar-refractivity contribution in [3.63, 3.8) is 0 Å². The van der Waals surface area contributed by atoms with E-state index in [0.717, 1.165) is 36.3 Å². The Balaban J connectivity index is 0.000000212. The zero-order valence-corrected chi connectivity index (χ0v) is 42.7. The largest absolute Gasteiger partial charge is 0.475 e. The van der Waals surface area contributed by atoms with Crippen LogP contribution in [0.15, 0.2) is 71.9 Å². The molecular formula is C45H50BrCl3F3N13O6. The van der Waals surface area contributed by atoms with Crippen molar-refractivity contribution in [3.05, 3.63) is 104 Å². The minimum atomic E-state index is -4.53. The first-order valence-electron chi connectivity index (χ1n) is 21.8. The molecule has 380 valence electrons. The molecule has 19 nitrogen and oxygen atoms in total. The van der Waals surface area contributed by atoms with Gasteiger partial charge in [0, 0.05) is 43.0 Å². The monoisotopic (exact) mass is 1110 g/mol. The van der Waals surface area contributed by atoms with E-state index in [1.54, 1.807) is 18.3 Å². The number of anilines is 5. The molecule has 2 aliphatic rings. The summed E-state index contributed by atoms with van der Waals surface area (Å²) >= 11 is 19.9. The number of carbonyl (C=O) groups is 1. The summed E-state index contributed by atoms with van der Waals surface area (Å²) < 4.78 is 66.5. The molecule has 6 aromatic rings. The average Bonchev–Trinajstić information content (AvgIpc) is 3.36. The van der Waals surface area contributed by atoms with Crippen molar-refractivity contribution in [2.24, 2.45) is 0 Å². The second kappa shape index (κ2) is 27.5. The van der Waals surface area contributed by atoms with Gasteiger partial charge in [-0.3, -0.25) is 4.79 Å². The summed E-state index contributed by atoms with van der Waals surface area (Å²) in [5, 5.41) is 3.63. The Labute approximate surface area is 430 Å². The summed E-state index contributed by atoms with van der Waals surface area (Å²) in [6, 6.07) is 9.54. The first-order chi connectivity index (χ1) is 34.0. The van der Waals surface area contributed by atoms with Crippen LogP contribution >= 0.6 is 50.7 Å². The number of amides is 1. The lowest BCUT2D eigenvalue weighted by molar-refractivity contribution is -0.137. The number of aromatic nitrogens is 8. The lowest BCUT2D eigenvalue weighted by Gasteiger charge is -2.29. The van der Waals surface area contributed by atoms with E-state index >= 15 is 0 Å². The highest BCUT2D eigenvalue weighted by Crippen LogP contribution is 2.33. The molecule has 4 aromatic heterocycles. The van der Waals surface area contributed by atoms with Crippen LogP contribution in [-0.4, -0.2) is 118 Å². The van der Waals surface area contributed by atoms with Gasteiger partial charge in [0.2, 0.25) is 0 Å². The van der Waals surface area contributed by atoms with Gasteiger partial charge in [0.15, 0.2) is 23.3 Å². The van der Waals surface area contributed by atoms with Gasteiger partial charge in [-0.15, -0.1) is 0 Å². The number of ether oxygens (including phenoxy) is 5. The van der Waals surface area contributed by atoms with Gasteiger partial charge in [0.1, 0.15) is 20.1 Å². The van der Waals surface area contributed by atoms with Gasteiger partial charge in [-0.2, -0.15) is 13.2 Å². The minimum absolute atomic E-state index is 0.0857. The molecule has 71 heavy (non-hydrogen) atoms. The smallest absolute Gasteiger partial charge is 0.416 e. The van der Waals surface area contributed by atoms with E-state index in [1.807, 2.05) is 33.8 Å². The first-order valence-corrected chi connectivity index (χ1v) is 23.7. The molecule has 8 rings (SSSR count). The zero-order valence-electron chi connectivity index (χ0n) is 38.9. The van der Waals surface area contributed by atoms with Crippen LogP contribution in [0.1, 0.15) is 42.3 Å².